The summed E-state index contributed by atoms with van der Waals surface area (Å²) in [6.45, 7) is 0.827. The van der Waals surface area contributed by atoms with Gasteiger partial charge in [-0.1, -0.05) is 33.1 Å². The minimum atomic E-state index is -2.86. The molecule has 0 heterocycles. The molecule has 1 rings (SSSR count). The summed E-state index contributed by atoms with van der Waals surface area (Å²) >= 11 is 5.84. The normalized spacial score (nSPS) is 24.6. The van der Waals surface area contributed by atoms with Gasteiger partial charge in [0.25, 0.3) is 6.72 Å². The van der Waals surface area contributed by atoms with Crippen molar-refractivity contribution in [3.05, 3.63) is 0 Å². The van der Waals surface area contributed by atoms with Crippen LogP contribution in [0.1, 0.15) is 46.0 Å². The average Bonchev–Trinajstić information content (AvgIpc) is 2.05. The van der Waals surface area contributed by atoms with Crippen LogP contribution >= 0.6 is 18.0 Å². The van der Waals surface area contributed by atoms with E-state index >= 15 is 0 Å². The number of hydrogen-bond acceptors (Lipinski definition) is 2. The Morgan fingerprint density at radius 3 is 2.31 bits per heavy atom. The zero-order valence-electron chi connectivity index (χ0n) is 8.33. The van der Waals surface area contributed by atoms with Crippen LogP contribution in [-0.4, -0.2) is 11.8 Å². The summed E-state index contributed by atoms with van der Waals surface area (Å²) in [5.74, 6) is 0. The fourth-order valence-corrected chi connectivity index (χ4v) is 2.69. The lowest BCUT2D eigenvalue weighted by atomic mass is 9.98. The Morgan fingerprint density at radius 2 is 1.85 bits per heavy atom. The second-order valence-corrected chi connectivity index (χ2v) is 7.68. The van der Waals surface area contributed by atoms with Gasteiger partial charge in [-0.15, -0.1) is 0 Å². The van der Waals surface area contributed by atoms with Crippen LogP contribution in [0.15, 0.2) is 0 Å². The van der Waals surface area contributed by atoms with Gasteiger partial charge in [-0.2, -0.15) is 0 Å². The second kappa shape index (κ2) is 4.82. The van der Waals surface area contributed by atoms with E-state index in [1.165, 1.54) is 19.3 Å². The summed E-state index contributed by atoms with van der Waals surface area (Å²) in [7, 11) is 0. The molecule has 0 amide bonds. The smallest absolute Gasteiger partial charge is 0.292 e. The fraction of sp³-hybridized carbons (Fsp3) is 1.00. The molecular formula is C9H18ClO2P. The highest BCUT2D eigenvalue weighted by molar-refractivity contribution is 7.85. The topological polar surface area (TPSA) is 26.3 Å². The minimum Gasteiger partial charge on any atom is -0.314 e. The highest BCUT2D eigenvalue weighted by Gasteiger charge is 2.29. The minimum absolute atomic E-state index is 0.0731. The third-order valence-corrected chi connectivity index (χ3v) is 5.69. The molecule has 4 heteroatoms. The lowest BCUT2D eigenvalue weighted by Gasteiger charge is -2.25. The Bertz CT molecular complexity index is 200. The highest BCUT2D eigenvalue weighted by atomic mass is 35.7. The highest BCUT2D eigenvalue weighted by Crippen LogP contribution is 2.58. The third kappa shape index (κ3) is 3.61. The SMILES string of the molecule is CC(C)P(=O)(Cl)OC1CCCCC1. The molecule has 0 aliphatic heterocycles. The molecule has 0 aromatic heterocycles. The second-order valence-electron chi connectivity index (χ2n) is 3.98. The van der Waals surface area contributed by atoms with Gasteiger partial charge in [0, 0.05) is 5.66 Å². The Hall–Kier alpha value is 0.480. The molecule has 1 fully saturated rings. The van der Waals surface area contributed by atoms with Crippen molar-refractivity contribution in [1.82, 2.24) is 0 Å². The molecular weight excluding hydrogens is 207 g/mol. The predicted octanol–water partition coefficient (Wildman–Crippen LogP) is 4.18. The van der Waals surface area contributed by atoms with Gasteiger partial charge in [0.1, 0.15) is 0 Å². The lowest BCUT2D eigenvalue weighted by Crippen LogP contribution is -2.16. The molecule has 0 N–H and O–H groups in total. The maximum atomic E-state index is 11.7. The molecule has 1 saturated carbocycles. The molecule has 13 heavy (non-hydrogen) atoms. The molecule has 0 aromatic rings. The van der Waals surface area contributed by atoms with Gasteiger partial charge in [-0.05, 0) is 24.1 Å². The van der Waals surface area contributed by atoms with Crippen LogP contribution in [-0.2, 0) is 9.09 Å². The number of rotatable bonds is 3. The molecule has 78 valence electrons. The molecule has 1 aliphatic rings. The predicted molar refractivity (Wildman–Crippen MR) is 56.6 cm³/mol. The van der Waals surface area contributed by atoms with Crippen LogP contribution in [0.3, 0.4) is 0 Å². The average molecular weight is 225 g/mol. The van der Waals surface area contributed by atoms with Crippen molar-refractivity contribution in [2.45, 2.75) is 57.7 Å². The summed E-state index contributed by atoms with van der Waals surface area (Å²) < 4.78 is 17.2. The van der Waals surface area contributed by atoms with E-state index in [0.717, 1.165) is 12.8 Å². The van der Waals surface area contributed by atoms with Crippen LogP contribution in [0, 0.1) is 0 Å². The summed E-state index contributed by atoms with van der Waals surface area (Å²) in [6, 6.07) is 0. The third-order valence-electron chi connectivity index (χ3n) is 2.46. The maximum Gasteiger partial charge on any atom is 0.292 e. The zero-order chi connectivity index (χ0) is 9.90. The van der Waals surface area contributed by atoms with Gasteiger partial charge in [-0.3, -0.25) is 4.57 Å². The summed E-state index contributed by atoms with van der Waals surface area (Å²) in [5, 5.41) is 0. The van der Waals surface area contributed by atoms with E-state index in [1.54, 1.807) is 0 Å². The van der Waals surface area contributed by atoms with E-state index in [-0.39, 0.29) is 11.8 Å². The van der Waals surface area contributed by atoms with Gasteiger partial charge in [0.2, 0.25) is 0 Å². The molecule has 1 unspecified atom stereocenters. The molecule has 0 bridgehead atoms. The number of halogens is 1. The van der Waals surface area contributed by atoms with E-state index in [0.29, 0.717) is 0 Å². The summed E-state index contributed by atoms with van der Waals surface area (Å²) in [5.41, 5.74) is -0.0731. The van der Waals surface area contributed by atoms with Crippen LogP contribution in [0.25, 0.3) is 0 Å². The van der Waals surface area contributed by atoms with Gasteiger partial charge in [0.15, 0.2) is 0 Å². The Morgan fingerprint density at radius 1 is 1.31 bits per heavy atom. The largest absolute Gasteiger partial charge is 0.314 e. The lowest BCUT2D eigenvalue weighted by molar-refractivity contribution is 0.161. The van der Waals surface area contributed by atoms with E-state index in [4.69, 9.17) is 15.8 Å². The van der Waals surface area contributed by atoms with Crippen molar-refractivity contribution in [3.8, 4) is 0 Å². The van der Waals surface area contributed by atoms with Crippen molar-refractivity contribution in [3.63, 3.8) is 0 Å². The maximum absolute atomic E-state index is 11.7. The van der Waals surface area contributed by atoms with Gasteiger partial charge in [0.05, 0.1) is 6.10 Å². The van der Waals surface area contributed by atoms with Crippen LogP contribution in [0.5, 0.6) is 0 Å². The number of hydrogen-bond donors (Lipinski definition) is 0. The first-order valence-corrected chi connectivity index (χ1v) is 7.60. The van der Waals surface area contributed by atoms with E-state index in [2.05, 4.69) is 0 Å². The molecule has 0 spiro atoms. The van der Waals surface area contributed by atoms with Crippen molar-refractivity contribution in [2.24, 2.45) is 0 Å². The van der Waals surface area contributed by atoms with Crippen molar-refractivity contribution in [2.75, 3.05) is 0 Å². The zero-order valence-corrected chi connectivity index (χ0v) is 9.98. The molecule has 2 nitrogen and oxygen atoms in total. The Labute approximate surface area is 85.2 Å². The first-order valence-electron chi connectivity index (χ1n) is 5.00. The molecule has 0 saturated heterocycles. The van der Waals surface area contributed by atoms with Gasteiger partial charge < -0.3 is 4.52 Å². The summed E-state index contributed by atoms with van der Waals surface area (Å²) in [4.78, 5) is 0. The molecule has 1 aliphatic carbocycles. The monoisotopic (exact) mass is 224 g/mol. The van der Waals surface area contributed by atoms with Gasteiger partial charge in [-0.25, -0.2) is 0 Å². The first-order chi connectivity index (χ1) is 6.02. The van der Waals surface area contributed by atoms with E-state index in [9.17, 15) is 4.57 Å². The van der Waals surface area contributed by atoms with E-state index in [1.807, 2.05) is 13.8 Å². The van der Waals surface area contributed by atoms with Crippen LogP contribution in [0.2, 0.25) is 0 Å². The van der Waals surface area contributed by atoms with Crippen molar-refractivity contribution in [1.29, 1.82) is 0 Å². The molecule has 0 aromatic carbocycles. The summed E-state index contributed by atoms with van der Waals surface area (Å²) in [6.07, 6.45) is 5.81. The van der Waals surface area contributed by atoms with Gasteiger partial charge >= 0.3 is 0 Å². The fourth-order valence-electron chi connectivity index (χ4n) is 1.50. The van der Waals surface area contributed by atoms with E-state index < -0.39 is 6.72 Å². The van der Waals surface area contributed by atoms with Crippen LogP contribution < -0.4 is 0 Å². The standard InChI is InChI=1S/C9H18ClO2P/c1-8(2)13(10,11)12-9-6-4-3-5-7-9/h8-9H,3-7H2,1-2H3. The Kier molecular flexibility index (Phi) is 4.28. The van der Waals surface area contributed by atoms with Crippen LogP contribution in [0.4, 0.5) is 0 Å². The molecule has 1 atom stereocenters. The quantitative estimate of drug-likeness (QED) is 0.673. The first kappa shape index (κ1) is 11.6. The Balaban J connectivity index is 2.42. The van der Waals surface area contributed by atoms with Crippen molar-refractivity contribution >= 4 is 18.0 Å². The van der Waals surface area contributed by atoms with Crippen molar-refractivity contribution < 1.29 is 9.09 Å². The molecule has 0 radical (unpaired) electrons.